The van der Waals surface area contributed by atoms with Gasteiger partial charge in [0.15, 0.2) is 0 Å². The van der Waals surface area contributed by atoms with Gasteiger partial charge in [0.1, 0.15) is 12.1 Å². The van der Waals surface area contributed by atoms with Gasteiger partial charge >= 0.3 is 6.03 Å². The monoisotopic (exact) mass is 393 g/mol. The number of nitrogens with one attached hydrogen (secondary N) is 2. The highest BCUT2D eigenvalue weighted by atomic mass is 35.5. The largest absolute Gasteiger partial charge is 0.350 e. The molecule has 27 heavy (non-hydrogen) atoms. The van der Waals surface area contributed by atoms with Crippen molar-refractivity contribution in [2.45, 2.75) is 64.5 Å². The van der Waals surface area contributed by atoms with Crippen LogP contribution < -0.4 is 10.6 Å². The van der Waals surface area contributed by atoms with Gasteiger partial charge in [0.05, 0.1) is 0 Å². The molecule has 0 radical (unpaired) electrons. The van der Waals surface area contributed by atoms with Gasteiger partial charge in [0.2, 0.25) is 5.91 Å². The number of carbonyl (C=O) groups excluding carboxylic acids is 3. The standard InChI is InChI=1S/C20H28ClN3O3/c1-3-4-5-6-9-12-20(2)18(26)24(19(27)23-20)14-17(25)22-13-15-10-7-8-11-16(15)21/h7-8,10-11H,3-6,9,12-14H2,1-2H3,(H,22,25)(H,23,27). The van der Waals surface area contributed by atoms with Gasteiger partial charge in [0.25, 0.3) is 5.91 Å². The number of hydrogen-bond donors (Lipinski definition) is 2. The van der Waals surface area contributed by atoms with E-state index in [0.717, 1.165) is 36.1 Å². The summed E-state index contributed by atoms with van der Waals surface area (Å²) in [5.41, 5.74) is -0.145. The first-order valence-corrected chi connectivity index (χ1v) is 9.89. The average molecular weight is 394 g/mol. The van der Waals surface area contributed by atoms with E-state index in [-0.39, 0.29) is 19.0 Å². The maximum Gasteiger partial charge on any atom is 0.325 e. The van der Waals surface area contributed by atoms with Gasteiger partial charge in [-0.25, -0.2) is 4.79 Å². The molecule has 1 heterocycles. The van der Waals surface area contributed by atoms with Gasteiger partial charge in [-0.3, -0.25) is 14.5 Å². The fourth-order valence-electron chi connectivity index (χ4n) is 3.18. The highest BCUT2D eigenvalue weighted by molar-refractivity contribution is 6.31. The number of hydrogen-bond acceptors (Lipinski definition) is 3. The number of nitrogens with zero attached hydrogens (tertiary/aromatic N) is 1. The summed E-state index contributed by atoms with van der Waals surface area (Å²) >= 11 is 6.06. The molecular weight excluding hydrogens is 366 g/mol. The summed E-state index contributed by atoms with van der Waals surface area (Å²) in [5.74, 6) is -0.735. The Labute approximate surface area is 165 Å². The molecule has 1 saturated heterocycles. The normalized spacial score (nSPS) is 19.3. The summed E-state index contributed by atoms with van der Waals surface area (Å²) in [7, 11) is 0. The highest BCUT2D eigenvalue weighted by Gasteiger charge is 2.47. The van der Waals surface area contributed by atoms with Crippen LogP contribution in [0.15, 0.2) is 24.3 Å². The molecule has 1 aliphatic rings. The zero-order valence-corrected chi connectivity index (χ0v) is 16.8. The third-order valence-corrected chi connectivity index (χ3v) is 5.23. The van der Waals surface area contributed by atoms with Crippen molar-refractivity contribution < 1.29 is 14.4 Å². The maximum absolute atomic E-state index is 12.7. The van der Waals surface area contributed by atoms with Crippen LogP contribution in [0.5, 0.6) is 0 Å². The SMILES string of the molecule is CCCCCCCC1(C)NC(=O)N(CC(=O)NCc2ccccc2Cl)C1=O. The lowest BCUT2D eigenvalue weighted by Gasteiger charge is -2.21. The minimum absolute atomic E-state index is 0.247. The molecule has 0 saturated carbocycles. The van der Waals surface area contributed by atoms with Crippen molar-refractivity contribution in [1.82, 2.24) is 15.5 Å². The Hall–Kier alpha value is -2.08. The summed E-state index contributed by atoms with van der Waals surface area (Å²) < 4.78 is 0. The molecule has 148 valence electrons. The van der Waals surface area contributed by atoms with Gasteiger partial charge in [0, 0.05) is 11.6 Å². The fraction of sp³-hybridized carbons (Fsp3) is 0.550. The Morgan fingerprint density at radius 1 is 1.19 bits per heavy atom. The summed E-state index contributed by atoms with van der Waals surface area (Å²) in [6.45, 7) is 3.84. The molecule has 1 aromatic rings. The Morgan fingerprint density at radius 2 is 1.89 bits per heavy atom. The number of benzene rings is 1. The minimum atomic E-state index is -0.924. The minimum Gasteiger partial charge on any atom is -0.350 e. The van der Waals surface area contributed by atoms with Crippen LogP contribution in [-0.2, 0) is 16.1 Å². The molecule has 0 bridgehead atoms. The van der Waals surface area contributed by atoms with Crippen LogP contribution in [-0.4, -0.2) is 34.8 Å². The fourth-order valence-corrected chi connectivity index (χ4v) is 3.38. The van der Waals surface area contributed by atoms with Gasteiger partial charge < -0.3 is 10.6 Å². The first-order valence-electron chi connectivity index (χ1n) is 9.51. The van der Waals surface area contributed by atoms with E-state index >= 15 is 0 Å². The molecule has 1 aliphatic heterocycles. The molecule has 4 amide bonds. The van der Waals surface area contributed by atoms with Crippen LogP contribution in [0.3, 0.4) is 0 Å². The second-order valence-corrected chi connectivity index (χ2v) is 7.59. The predicted molar refractivity (Wildman–Crippen MR) is 105 cm³/mol. The third kappa shape index (κ3) is 5.70. The summed E-state index contributed by atoms with van der Waals surface area (Å²) in [5, 5.41) is 6.01. The number of amides is 4. The molecule has 7 heteroatoms. The van der Waals surface area contributed by atoms with Crippen molar-refractivity contribution in [2.75, 3.05) is 6.54 Å². The highest BCUT2D eigenvalue weighted by Crippen LogP contribution is 2.24. The van der Waals surface area contributed by atoms with Crippen molar-refractivity contribution >= 4 is 29.4 Å². The van der Waals surface area contributed by atoms with Gasteiger partial charge in [-0.15, -0.1) is 0 Å². The Balaban J connectivity index is 1.85. The molecule has 1 atom stereocenters. The summed E-state index contributed by atoms with van der Waals surface area (Å²) in [6.07, 6.45) is 5.95. The first-order chi connectivity index (χ1) is 12.9. The molecule has 2 N–H and O–H groups in total. The summed E-state index contributed by atoms with van der Waals surface area (Å²) in [4.78, 5) is 38.0. The Bertz CT molecular complexity index is 695. The van der Waals surface area contributed by atoms with Gasteiger partial charge in [-0.2, -0.15) is 0 Å². The molecule has 0 spiro atoms. The molecule has 2 rings (SSSR count). The molecule has 1 unspecified atom stereocenters. The lowest BCUT2D eigenvalue weighted by Crippen LogP contribution is -2.45. The molecule has 6 nitrogen and oxygen atoms in total. The molecule has 1 aromatic carbocycles. The van der Waals surface area contributed by atoms with Crippen LogP contribution >= 0.6 is 11.6 Å². The van der Waals surface area contributed by atoms with E-state index < -0.39 is 17.5 Å². The van der Waals surface area contributed by atoms with Crippen molar-refractivity contribution in [3.63, 3.8) is 0 Å². The van der Waals surface area contributed by atoms with E-state index in [1.165, 1.54) is 6.42 Å². The van der Waals surface area contributed by atoms with Crippen LogP contribution in [0.2, 0.25) is 5.02 Å². The number of halogens is 1. The van der Waals surface area contributed by atoms with E-state index in [1.807, 2.05) is 18.2 Å². The van der Waals surface area contributed by atoms with Gasteiger partial charge in [-0.05, 0) is 25.0 Å². The first kappa shape index (κ1) is 21.2. The molecule has 0 aromatic heterocycles. The molecular formula is C20H28ClN3O3. The quantitative estimate of drug-likeness (QED) is 0.470. The second-order valence-electron chi connectivity index (χ2n) is 7.19. The van der Waals surface area contributed by atoms with E-state index in [1.54, 1.807) is 13.0 Å². The van der Waals surface area contributed by atoms with Crippen LogP contribution in [0.25, 0.3) is 0 Å². The number of urea groups is 1. The third-order valence-electron chi connectivity index (χ3n) is 4.86. The number of imide groups is 1. The number of carbonyl (C=O) groups is 3. The second kappa shape index (κ2) is 9.74. The lowest BCUT2D eigenvalue weighted by molar-refractivity contribution is -0.134. The zero-order valence-electron chi connectivity index (χ0n) is 16.0. The van der Waals surface area contributed by atoms with Crippen molar-refractivity contribution in [1.29, 1.82) is 0 Å². The van der Waals surface area contributed by atoms with E-state index in [9.17, 15) is 14.4 Å². The van der Waals surface area contributed by atoms with Crippen molar-refractivity contribution in [3.05, 3.63) is 34.9 Å². The van der Waals surface area contributed by atoms with E-state index in [0.29, 0.717) is 11.4 Å². The van der Waals surface area contributed by atoms with Gasteiger partial charge in [-0.1, -0.05) is 68.8 Å². The van der Waals surface area contributed by atoms with Crippen molar-refractivity contribution in [3.8, 4) is 0 Å². The number of rotatable bonds is 10. The van der Waals surface area contributed by atoms with Crippen LogP contribution in [0.1, 0.15) is 57.9 Å². The Morgan fingerprint density at radius 3 is 2.59 bits per heavy atom. The predicted octanol–water partition coefficient (Wildman–Crippen LogP) is 3.63. The molecule has 0 aliphatic carbocycles. The average Bonchev–Trinajstić information content (AvgIpc) is 2.84. The van der Waals surface area contributed by atoms with Crippen LogP contribution in [0, 0.1) is 0 Å². The van der Waals surface area contributed by atoms with E-state index in [4.69, 9.17) is 11.6 Å². The zero-order chi connectivity index (χ0) is 19.9. The summed E-state index contributed by atoms with van der Waals surface area (Å²) in [6, 6.07) is 6.68. The topological polar surface area (TPSA) is 78.5 Å². The number of unbranched alkanes of at least 4 members (excludes halogenated alkanes) is 4. The maximum atomic E-state index is 12.7. The van der Waals surface area contributed by atoms with Crippen molar-refractivity contribution in [2.24, 2.45) is 0 Å². The smallest absolute Gasteiger partial charge is 0.325 e. The molecule has 1 fully saturated rings. The lowest BCUT2D eigenvalue weighted by atomic mass is 9.94. The Kier molecular flexibility index (Phi) is 7.66. The van der Waals surface area contributed by atoms with E-state index in [2.05, 4.69) is 17.6 Å². The van der Waals surface area contributed by atoms with Crippen LogP contribution in [0.4, 0.5) is 4.79 Å².